The van der Waals surface area contributed by atoms with Crippen LogP contribution in [0, 0.1) is 0 Å². The molecule has 0 aliphatic rings. The first kappa shape index (κ1) is 15.4. The topological polar surface area (TPSA) is 74.5 Å². The predicted molar refractivity (Wildman–Crippen MR) is 76.3 cm³/mol. The maximum atomic E-state index is 12.0. The van der Waals surface area contributed by atoms with Gasteiger partial charge in [0.25, 0.3) is 0 Å². The van der Waals surface area contributed by atoms with E-state index in [1.807, 2.05) is 42.8 Å². The van der Waals surface area contributed by atoms with Crippen molar-refractivity contribution in [1.82, 2.24) is 14.8 Å². The zero-order valence-electron chi connectivity index (χ0n) is 11.9. The maximum absolute atomic E-state index is 12.0. The van der Waals surface area contributed by atoms with Crippen LogP contribution in [-0.2, 0) is 11.3 Å². The van der Waals surface area contributed by atoms with Crippen LogP contribution in [0.1, 0.15) is 19.4 Å². The van der Waals surface area contributed by atoms with Gasteiger partial charge in [-0.3, -0.25) is 9.69 Å². The van der Waals surface area contributed by atoms with Crippen molar-refractivity contribution in [3.05, 3.63) is 23.9 Å². The molecule has 1 amide bonds. The minimum Gasteiger partial charge on any atom is -0.342 e. The van der Waals surface area contributed by atoms with E-state index in [0.717, 1.165) is 18.7 Å². The van der Waals surface area contributed by atoms with E-state index in [9.17, 15) is 4.79 Å². The van der Waals surface area contributed by atoms with E-state index in [2.05, 4.69) is 10.4 Å². The number of nitrogen functional groups attached to an aromatic ring is 1. The van der Waals surface area contributed by atoms with Gasteiger partial charge in [-0.25, -0.2) is 10.8 Å². The van der Waals surface area contributed by atoms with Crippen molar-refractivity contribution in [2.24, 2.45) is 5.84 Å². The summed E-state index contributed by atoms with van der Waals surface area (Å²) >= 11 is 0. The first-order valence-corrected chi connectivity index (χ1v) is 6.49. The smallest absolute Gasteiger partial charge is 0.236 e. The number of nitrogens with two attached hydrogens (primary N) is 1. The van der Waals surface area contributed by atoms with Crippen molar-refractivity contribution in [3.8, 4) is 0 Å². The number of hydrazine groups is 1. The molecule has 0 unspecified atom stereocenters. The third kappa shape index (κ3) is 4.50. The molecule has 0 fully saturated rings. The highest BCUT2D eigenvalue weighted by Crippen LogP contribution is 2.12. The third-order valence-electron chi connectivity index (χ3n) is 2.99. The third-order valence-corrected chi connectivity index (χ3v) is 2.99. The standard InChI is InChI=1S/C13H23N5O/c1-4-18(5-2)12(19)10-17(3)9-11-7-6-8-15-13(11)16-14/h6-8H,4-5,9-10,14H2,1-3H3,(H,15,16). The number of rotatable bonds is 7. The van der Waals surface area contributed by atoms with Gasteiger partial charge in [-0.1, -0.05) is 6.07 Å². The lowest BCUT2D eigenvalue weighted by Gasteiger charge is -2.23. The van der Waals surface area contributed by atoms with Gasteiger partial charge < -0.3 is 10.3 Å². The number of anilines is 1. The molecule has 6 nitrogen and oxygen atoms in total. The Bertz CT molecular complexity index is 406. The SMILES string of the molecule is CCN(CC)C(=O)CN(C)Cc1cccnc1NN. The van der Waals surface area contributed by atoms with Crippen LogP contribution in [0.2, 0.25) is 0 Å². The van der Waals surface area contributed by atoms with Crippen molar-refractivity contribution in [2.45, 2.75) is 20.4 Å². The van der Waals surface area contributed by atoms with Crippen LogP contribution in [0.25, 0.3) is 0 Å². The van der Waals surface area contributed by atoms with E-state index in [0.29, 0.717) is 18.9 Å². The van der Waals surface area contributed by atoms with E-state index in [-0.39, 0.29) is 5.91 Å². The van der Waals surface area contributed by atoms with Crippen molar-refractivity contribution in [2.75, 3.05) is 32.1 Å². The molecule has 0 bridgehead atoms. The van der Waals surface area contributed by atoms with Gasteiger partial charge in [-0.2, -0.15) is 0 Å². The summed E-state index contributed by atoms with van der Waals surface area (Å²) in [6, 6.07) is 3.80. The molecule has 6 heteroatoms. The molecule has 1 aromatic heterocycles. The summed E-state index contributed by atoms with van der Waals surface area (Å²) in [5.41, 5.74) is 3.54. The highest BCUT2D eigenvalue weighted by Gasteiger charge is 2.13. The number of amides is 1. The molecule has 1 rings (SSSR count). The minimum atomic E-state index is 0.138. The molecular weight excluding hydrogens is 242 g/mol. The van der Waals surface area contributed by atoms with E-state index in [4.69, 9.17) is 5.84 Å². The lowest BCUT2D eigenvalue weighted by Crippen LogP contribution is -2.38. The van der Waals surface area contributed by atoms with Crippen LogP contribution < -0.4 is 11.3 Å². The van der Waals surface area contributed by atoms with Crippen molar-refractivity contribution in [3.63, 3.8) is 0 Å². The average Bonchev–Trinajstić information content (AvgIpc) is 2.40. The summed E-state index contributed by atoms with van der Waals surface area (Å²) in [6.45, 7) is 6.47. The summed E-state index contributed by atoms with van der Waals surface area (Å²) in [5.74, 6) is 6.19. The van der Waals surface area contributed by atoms with Crippen molar-refractivity contribution >= 4 is 11.7 Å². The molecule has 106 valence electrons. The highest BCUT2D eigenvalue weighted by molar-refractivity contribution is 5.78. The molecule has 0 radical (unpaired) electrons. The van der Waals surface area contributed by atoms with Crippen LogP contribution in [0.4, 0.5) is 5.82 Å². The van der Waals surface area contributed by atoms with Gasteiger partial charge in [0.2, 0.25) is 5.91 Å². The van der Waals surface area contributed by atoms with Crippen LogP contribution >= 0.6 is 0 Å². The lowest BCUT2D eigenvalue weighted by molar-refractivity contribution is -0.131. The maximum Gasteiger partial charge on any atom is 0.236 e. The molecule has 1 aromatic rings. The molecule has 3 N–H and O–H groups in total. The van der Waals surface area contributed by atoms with Gasteiger partial charge in [0.1, 0.15) is 5.82 Å². The van der Waals surface area contributed by atoms with Gasteiger partial charge in [-0.05, 0) is 27.0 Å². The van der Waals surface area contributed by atoms with Crippen molar-refractivity contribution in [1.29, 1.82) is 0 Å². The zero-order chi connectivity index (χ0) is 14.3. The molecular formula is C13H23N5O. The number of pyridine rings is 1. The molecule has 0 aliphatic carbocycles. The quantitative estimate of drug-likeness (QED) is 0.560. The predicted octanol–water partition coefficient (Wildman–Crippen LogP) is 0.667. The number of carbonyl (C=O) groups is 1. The van der Waals surface area contributed by atoms with E-state index in [1.54, 1.807) is 6.20 Å². The number of aromatic nitrogens is 1. The summed E-state index contributed by atoms with van der Waals surface area (Å²) in [7, 11) is 1.91. The van der Waals surface area contributed by atoms with Crippen LogP contribution in [0.5, 0.6) is 0 Å². The minimum absolute atomic E-state index is 0.138. The molecule has 0 saturated heterocycles. The normalized spacial score (nSPS) is 10.6. The van der Waals surface area contributed by atoms with Gasteiger partial charge in [0.15, 0.2) is 0 Å². The lowest BCUT2D eigenvalue weighted by atomic mass is 10.2. The summed E-state index contributed by atoms with van der Waals surface area (Å²) in [6.07, 6.45) is 1.68. The second kappa shape index (κ2) is 7.70. The average molecular weight is 265 g/mol. The second-order valence-electron chi connectivity index (χ2n) is 4.39. The van der Waals surface area contributed by atoms with Gasteiger partial charge in [0, 0.05) is 31.4 Å². The largest absolute Gasteiger partial charge is 0.342 e. The molecule has 0 atom stereocenters. The van der Waals surface area contributed by atoms with Crippen LogP contribution in [0.15, 0.2) is 18.3 Å². The Morgan fingerprint density at radius 3 is 2.68 bits per heavy atom. The Hall–Kier alpha value is -1.66. The number of hydrogen-bond acceptors (Lipinski definition) is 5. The Balaban J connectivity index is 2.60. The molecule has 0 aromatic carbocycles. The van der Waals surface area contributed by atoms with Crippen molar-refractivity contribution < 1.29 is 4.79 Å². The Kier molecular flexibility index (Phi) is 6.24. The number of nitrogens with zero attached hydrogens (tertiary/aromatic N) is 3. The zero-order valence-corrected chi connectivity index (χ0v) is 11.9. The fourth-order valence-electron chi connectivity index (χ4n) is 1.95. The summed E-state index contributed by atoms with van der Waals surface area (Å²) in [5, 5.41) is 0. The van der Waals surface area contributed by atoms with Gasteiger partial charge in [0.05, 0.1) is 6.54 Å². The Morgan fingerprint density at radius 1 is 1.42 bits per heavy atom. The summed E-state index contributed by atoms with van der Waals surface area (Å²) < 4.78 is 0. The first-order valence-electron chi connectivity index (χ1n) is 6.49. The highest BCUT2D eigenvalue weighted by atomic mass is 16.2. The number of hydrogen-bond donors (Lipinski definition) is 2. The van der Waals surface area contributed by atoms with E-state index >= 15 is 0 Å². The van der Waals surface area contributed by atoms with Gasteiger partial charge in [-0.15, -0.1) is 0 Å². The fourth-order valence-corrected chi connectivity index (χ4v) is 1.95. The molecule has 0 spiro atoms. The van der Waals surface area contributed by atoms with E-state index < -0.39 is 0 Å². The molecule has 0 saturated carbocycles. The fraction of sp³-hybridized carbons (Fsp3) is 0.538. The van der Waals surface area contributed by atoms with Crippen LogP contribution in [-0.4, -0.2) is 47.4 Å². The van der Waals surface area contributed by atoms with Gasteiger partial charge >= 0.3 is 0 Å². The molecule has 0 aliphatic heterocycles. The monoisotopic (exact) mass is 265 g/mol. The second-order valence-corrected chi connectivity index (χ2v) is 4.39. The Morgan fingerprint density at radius 2 is 2.11 bits per heavy atom. The molecule has 19 heavy (non-hydrogen) atoms. The number of likely N-dealkylation sites (N-methyl/N-ethyl adjacent to an activating group) is 2. The Labute approximate surface area is 114 Å². The summed E-state index contributed by atoms with van der Waals surface area (Å²) in [4.78, 5) is 19.9. The first-order chi connectivity index (χ1) is 9.12. The number of carbonyl (C=O) groups excluding carboxylic acids is 1. The van der Waals surface area contributed by atoms with E-state index in [1.165, 1.54) is 0 Å². The molecule has 1 heterocycles. The van der Waals surface area contributed by atoms with Crippen LogP contribution in [0.3, 0.4) is 0 Å². The number of nitrogens with one attached hydrogen (secondary N) is 1.